The summed E-state index contributed by atoms with van der Waals surface area (Å²) >= 11 is 0. The largest absolute Gasteiger partial charge is 0.480 e. The quantitative estimate of drug-likeness (QED) is 0.741. The summed E-state index contributed by atoms with van der Waals surface area (Å²) in [7, 11) is 0. The van der Waals surface area contributed by atoms with Crippen molar-refractivity contribution >= 4 is 17.8 Å². The summed E-state index contributed by atoms with van der Waals surface area (Å²) in [5, 5.41) is 11.3. The fourth-order valence-corrected chi connectivity index (χ4v) is 1.39. The molecular formula is C13H23NO5. The maximum atomic E-state index is 11.5. The van der Waals surface area contributed by atoms with E-state index in [0.29, 0.717) is 19.3 Å². The predicted octanol–water partition coefficient (Wildman–Crippen LogP) is 2.11. The van der Waals surface area contributed by atoms with E-state index in [1.165, 1.54) is 0 Å². The predicted molar refractivity (Wildman–Crippen MR) is 69.9 cm³/mol. The highest BCUT2D eigenvalue weighted by Crippen LogP contribution is 2.08. The third-order valence-electron chi connectivity index (χ3n) is 2.33. The van der Waals surface area contributed by atoms with Crippen molar-refractivity contribution < 1.29 is 24.2 Å². The molecule has 2 N–H and O–H groups in total. The van der Waals surface area contributed by atoms with E-state index in [4.69, 9.17) is 9.84 Å². The molecule has 0 spiro atoms. The Morgan fingerprint density at radius 2 is 1.84 bits per heavy atom. The normalized spacial score (nSPS) is 12.6. The van der Waals surface area contributed by atoms with Crippen LogP contribution in [-0.4, -0.2) is 34.6 Å². The van der Waals surface area contributed by atoms with Gasteiger partial charge in [-0.3, -0.25) is 4.79 Å². The van der Waals surface area contributed by atoms with Gasteiger partial charge in [-0.15, -0.1) is 0 Å². The second kappa shape index (κ2) is 7.76. The van der Waals surface area contributed by atoms with Crippen molar-refractivity contribution in [1.29, 1.82) is 0 Å². The molecule has 0 aliphatic heterocycles. The van der Waals surface area contributed by atoms with E-state index in [1.54, 1.807) is 27.7 Å². The fourth-order valence-electron chi connectivity index (χ4n) is 1.39. The molecule has 0 saturated heterocycles. The molecule has 1 amide bonds. The standard InChI is InChI=1S/C13H23NO5/c1-5-9(15)7-6-8-10(11(16)17)14-12(18)19-13(2,3)4/h10H,5-8H2,1-4H3,(H,14,18)(H,16,17). The number of rotatable bonds is 7. The number of aliphatic carboxylic acids is 1. The number of carbonyl (C=O) groups is 3. The second-order valence-corrected chi connectivity index (χ2v) is 5.32. The van der Waals surface area contributed by atoms with Gasteiger partial charge in [0.25, 0.3) is 0 Å². The van der Waals surface area contributed by atoms with Gasteiger partial charge in [0, 0.05) is 12.8 Å². The molecule has 0 aromatic carbocycles. The van der Waals surface area contributed by atoms with Crippen LogP contribution in [-0.2, 0) is 14.3 Å². The maximum Gasteiger partial charge on any atom is 0.408 e. The lowest BCUT2D eigenvalue weighted by Crippen LogP contribution is -2.43. The van der Waals surface area contributed by atoms with Crippen LogP contribution in [0.3, 0.4) is 0 Å². The highest BCUT2D eigenvalue weighted by molar-refractivity contribution is 5.80. The van der Waals surface area contributed by atoms with Crippen molar-refractivity contribution in [3.05, 3.63) is 0 Å². The molecule has 0 radical (unpaired) electrons. The van der Waals surface area contributed by atoms with Crippen molar-refractivity contribution in [2.45, 2.75) is 65.0 Å². The number of ketones is 1. The number of hydrogen-bond acceptors (Lipinski definition) is 4. The monoisotopic (exact) mass is 273 g/mol. The summed E-state index contributed by atoms with van der Waals surface area (Å²) in [5.41, 5.74) is -0.675. The van der Waals surface area contributed by atoms with Crippen LogP contribution in [0.2, 0.25) is 0 Å². The summed E-state index contributed by atoms with van der Waals surface area (Å²) < 4.78 is 4.99. The summed E-state index contributed by atoms with van der Waals surface area (Å²) in [5.74, 6) is -1.05. The summed E-state index contributed by atoms with van der Waals surface area (Å²) in [6, 6.07) is -1.03. The lowest BCUT2D eigenvalue weighted by molar-refractivity contribution is -0.139. The lowest BCUT2D eigenvalue weighted by Gasteiger charge is -2.21. The topological polar surface area (TPSA) is 92.7 Å². The highest BCUT2D eigenvalue weighted by Gasteiger charge is 2.23. The maximum absolute atomic E-state index is 11.5. The molecule has 1 atom stereocenters. The number of carboxylic acids is 1. The van der Waals surface area contributed by atoms with Gasteiger partial charge in [-0.05, 0) is 33.6 Å². The van der Waals surface area contributed by atoms with Gasteiger partial charge >= 0.3 is 12.1 Å². The molecule has 1 unspecified atom stereocenters. The number of amides is 1. The Labute approximate surface area is 113 Å². The van der Waals surface area contributed by atoms with Crippen LogP contribution >= 0.6 is 0 Å². The van der Waals surface area contributed by atoms with E-state index in [2.05, 4.69) is 5.32 Å². The third kappa shape index (κ3) is 9.04. The van der Waals surface area contributed by atoms with Crippen LogP contribution in [0, 0.1) is 0 Å². The average molecular weight is 273 g/mol. The van der Waals surface area contributed by atoms with E-state index in [0.717, 1.165) is 0 Å². The summed E-state index contributed by atoms with van der Waals surface area (Å²) in [6.45, 7) is 6.85. The van der Waals surface area contributed by atoms with E-state index in [1.807, 2.05) is 0 Å². The van der Waals surface area contributed by atoms with Crippen molar-refractivity contribution in [3.63, 3.8) is 0 Å². The lowest BCUT2D eigenvalue weighted by atomic mass is 10.1. The van der Waals surface area contributed by atoms with Crippen molar-refractivity contribution in [2.75, 3.05) is 0 Å². The third-order valence-corrected chi connectivity index (χ3v) is 2.33. The zero-order valence-corrected chi connectivity index (χ0v) is 12.0. The molecule has 0 bridgehead atoms. The van der Waals surface area contributed by atoms with E-state index in [-0.39, 0.29) is 12.2 Å². The van der Waals surface area contributed by atoms with E-state index in [9.17, 15) is 14.4 Å². The molecule has 0 aromatic heterocycles. The van der Waals surface area contributed by atoms with Gasteiger partial charge < -0.3 is 15.2 Å². The van der Waals surface area contributed by atoms with Gasteiger partial charge in [0.1, 0.15) is 17.4 Å². The van der Waals surface area contributed by atoms with Crippen LogP contribution < -0.4 is 5.32 Å². The van der Waals surface area contributed by atoms with Gasteiger partial charge in [-0.2, -0.15) is 0 Å². The van der Waals surface area contributed by atoms with Gasteiger partial charge in [0.2, 0.25) is 0 Å². The molecule has 0 aromatic rings. The number of ether oxygens (including phenoxy) is 1. The Balaban J connectivity index is 4.23. The minimum absolute atomic E-state index is 0.0846. The van der Waals surface area contributed by atoms with E-state index < -0.39 is 23.7 Å². The van der Waals surface area contributed by atoms with E-state index >= 15 is 0 Å². The number of carboxylic acid groups (broad SMARTS) is 1. The molecule has 0 heterocycles. The number of carbonyl (C=O) groups excluding carboxylic acids is 2. The highest BCUT2D eigenvalue weighted by atomic mass is 16.6. The van der Waals surface area contributed by atoms with Crippen LogP contribution in [0.25, 0.3) is 0 Å². The molecule has 0 saturated carbocycles. The first-order chi connectivity index (χ1) is 8.65. The number of nitrogens with one attached hydrogen (secondary N) is 1. The van der Waals surface area contributed by atoms with Crippen LogP contribution in [0.1, 0.15) is 53.4 Å². The van der Waals surface area contributed by atoms with Crippen LogP contribution in [0.5, 0.6) is 0 Å². The smallest absolute Gasteiger partial charge is 0.408 e. The first-order valence-electron chi connectivity index (χ1n) is 6.39. The molecule has 6 nitrogen and oxygen atoms in total. The summed E-state index contributed by atoms with van der Waals surface area (Å²) in [4.78, 5) is 33.6. The molecule has 0 aliphatic carbocycles. The first-order valence-corrected chi connectivity index (χ1v) is 6.39. The zero-order valence-electron chi connectivity index (χ0n) is 12.0. The minimum Gasteiger partial charge on any atom is -0.480 e. The number of hydrogen-bond donors (Lipinski definition) is 2. The van der Waals surface area contributed by atoms with Crippen molar-refractivity contribution in [2.24, 2.45) is 0 Å². The zero-order chi connectivity index (χ0) is 15.1. The Morgan fingerprint density at radius 3 is 2.26 bits per heavy atom. The Kier molecular flexibility index (Phi) is 7.11. The molecule has 0 aliphatic rings. The SMILES string of the molecule is CCC(=O)CCCC(NC(=O)OC(C)(C)C)C(=O)O. The van der Waals surface area contributed by atoms with Crippen molar-refractivity contribution in [1.82, 2.24) is 5.32 Å². The second-order valence-electron chi connectivity index (χ2n) is 5.32. The molecular weight excluding hydrogens is 250 g/mol. The average Bonchev–Trinajstić information content (AvgIpc) is 2.24. The van der Waals surface area contributed by atoms with Gasteiger partial charge in [-0.25, -0.2) is 9.59 Å². The summed E-state index contributed by atoms with van der Waals surface area (Å²) in [6.07, 6.45) is 0.648. The molecule has 0 rings (SSSR count). The Hall–Kier alpha value is -1.59. The van der Waals surface area contributed by atoms with Gasteiger partial charge in [0.05, 0.1) is 0 Å². The Morgan fingerprint density at radius 1 is 1.26 bits per heavy atom. The molecule has 0 fully saturated rings. The van der Waals surface area contributed by atoms with Gasteiger partial charge in [0.15, 0.2) is 0 Å². The number of alkyl carbamates (subject to hydrolysis) is 1. The van der Waals surface area contributed by atoms with Crippen LogP contribution in [0.15, 0.2) is 0 Å². The molecule has 6 heteroatoms. The first kappa shape index (κ1) is 17.4. The minimum atomic E-state index is -1.13. The molecule has 110 valence electrons. The van der Waals surface area contributed by atoms with Gasteiger partial charge in [-0.1, -0.05) is 6.92 Å². The number of Topliss-reactive ketones (excluding diaryl/α,β-unsaturated/α-hetero) is 1. The fraction of sp³-hybridized carbons (Fsp3) is 0.769. The molecule has 19 heavy (non-hydrogen) atoms. The van der Waals surface area contributed by atoms with Crippen LogP contribution in [0.4, 0.5) is 4.79 Å². The Bertz CT molecular complexity index is 332. The van der Waals surface area contributed by atoms with Crippen molar-refractivity contribution in [3.8, 4) is 0 Å².